The zero-order valence-electron chi connectivity index (χ0n) is 11.9. The summed E-state index contributed by atoms with van der Waals surface area (Å²) in [5, 5.41) is 0. The summed E-state index contributed by atoms with van der Waals surface area (Å²) < 4.78 is 39.0. The van der Waals surface area contributed by atoms with Crippen LogP contribution in [0.1, 0.15) is 31.5 Å². The molecular formula is C13H17F3N6. The summed E-state index contributed by atoms with van der Waals surface area (Å²) in [6, 6.07) is 0.0984. The van der Waals surface area contributed by atoms with E-state index < -0.39 is 12.0 Å². The van der Waals surface area contributed by atoms with E-state index in [1.807, 2.05) is 4.90 Å². The number of aromatic nitrogens is 4. The number of alkyl halides is 3. The van der Waals surface area contributed by atoms with Gasteiger partial charge in [-0.1, -0.05) is 0 Å². The minimum Gasteiger partial charge on any atom is -0.352 e. The van der Waals surface area contributed by atoms with Gasteiger partial charge in [0.1, 0.15) is 5.52 Å². The summed E-state index contributed by atoms with van der Waals surface area (Å²) >= 11 is 0. The molecule has 3 heterocycles. The highest BCUT2D eigenvalue weighted by Gasteiger charge is 2.37. The van der Waals surface area contributed by atoms with E-state index >= 15 is 0 Å². The van der Waals surface area contributed by atoms with Crippen LogP contribution in [-0.4, -0.2) is 39.1 Å². The van der Waals surface area contributed by atoms with E-state index in [0.717, 1.165) is 25.7 Å². The number of halogens is 3. The number of H-pyrrole nitrogens is 1. The number of rotatable bonds is 3. The van der Waals surface area contributed by atoms with Crippen LogP contribution < -0.4 is 10.6 Å². The smallest absolute Gasteiger partial charge is 0.352 e. The first-order valence-electron chi connectivity index (χ1n) is 7.25. The first-order chi connectivity index (χ1) is 10.5. The van der Waals surface area contributed by atoms with Gasteiger partial charge in [-0.25, -0.2) is 15.0 Å². The highest BCUT2D eigenvalue weighted by Crippen LogP contribution is 2.33. The average molecular weight is 314 g/mol. The van der Waals surface area contributed by atoms with Gasteiger partial charge in [-0.15, -0.1) is 0 Å². The molecule has 0 amide bonds. The number of piperidine rings is 1. The minimum absolute atomic E-state index is 0.0365. The molecule has 1 atom stereocenters. The first-order valence-corrected chi connectivity index (χ1v) is 7.25. The van der Waals surface area contributed by atoms with Gasteiger partial charge in [-0.2, -0.15) is 13.2 Å². The number of anilines is 1. The molecule has 0 saturated carbocycles. The van der Waals surface area contributed by atoms with Crippen molar-refractivity contribution in [3.63, 3.8) is 0 Å². The molecule has 0 aromatic carbocycles. The lowest BCUT2D eigenvalue weighted by atomic mass is 9.99. The van der Waals surface area contributed by atoms with Crippen LogP contribution in [0, 0.1) is 0 Å². The SMILES string of the molecule is NCCC1CCCCN1c1nc(C(F)(F)F)nc2nc[nH]c12. The van der Waals surface area contributed by atoms with E-state index in [4.69, 9.17) is 5.73 Å². The Labute approximate surface area is 124 Å². The number of fused-ring (bicyclic) bond motifs is 1. The van der Waals surface area contributed by atoms with Crippen molar-refractivity contribution in [1.29, 1.82) is 0 Å². The van der Waals surface area contributed by atoms with Crippen LogP contribution in [0.4, 0.5) is 19.0 Å². The molecule has 9 heteroatoms. The summed E-state index contributed by atoms with van der Waals surface area (Å²) in [7, 11) is 0. The molecule has 120 valence electrons. The minimum atomic E-state index is -4.60. The largest absolute Gasteiger partial charge is 0.451 e. The molecular weight excluding hydrogens is 297 g/mol. The number of nitrogens with one attached hydrogen (secondary N) is 1. The molecule has 0 aliphatic carbocycles. The standard InChI is InChI=1S/C13H17F3N6/c14-13(15,16)12-20-10-9(18-7-19-10)11(21-12)22-6-2-1-3-8(22)4-5-17/h7-8H,1-6,17H2,(H,18,19,20,21). The fourth-order valence-electron chi connectivity index (χ4n) is 2.92. The van der Waals surface area contributed by atoms with E-state index in [9.17, 15) is 13.2 Å². The average Bonchev–Trinajstić information content (AvgIpc) is 2.95. The van der Waals surface area contributed by atoms with E-state index in [1.54, 1.807) is 0 Å². The predicted octanol–water partition coefficient (Wildman–Crippen LogP) is 2.08. The van der Waals surface area contributed by atoms with Crippen molar-refractivity contribution in [2.75, 3.05) is 18.0 Å². The van der Waals surface area contributed by atoms with E-state index in [2.05, 4.69) is 19.9 Å². The van der Waals surface area contributed by atoms with Crippen molar-refractivity contribution in [2.24, 2.45) is 5.73 Å². The molecule has 0 bridgehead atoms. The Hall–Kier alpha value is -1.90. The van der Waals surface area contributed by atoms with Gasteiger partial charge in [0.15, 0.2) is 11.5 Å². The summed E-state index contributed by atoms with van der Waals surface area (Å²) in [6.45, 7) is 1.15. The van der Waals surface area contributed by atoms with Crippen molar-refractivity contribution in [1.82, 2.24) is 19.9 Å². The highest BCUT2D eigenvalue weighted by molar-refractivity contribution is 5.83. The van der Waals surface area contributed by atoms with Gasteiger partial charge in [0, 0.05) is 12.6 Å². The van der Waals surface area contributed by atoms with E-state index in [0.29, 0.717) is 18.6 Å². The maximum Gasteiger partial charge on any atom is 0.451 e. The van der Waals surface area contributed by atoms with Crippen molar-refractivity contribution in [3.8, 4) is 0 Å². The second kappa shape index (κ2) is 5.71. The fraction of sp³-hybridized carbons (Fsp3) is 0.615. The number of aromatic amines is 1. The Kier molecular flexibility index (Phi) is 3.90. The van der Waals surface area contributed by atoms with Gasteiger partial charge < -0.3 is 15.6 Å². The number of hydrogen-bond acceptors (Lipinski definition) is 5. The molecule has 1 fully saturated rings. The Balaban J connectivity index is 2.09. The predicted molar refractivity (Wildman–Crippen MR) is 75.3 cm³/mol. The Morgan fingerprint density at radius 1 is 1.32 bits per heavy atom. The summed E-state index contributed by atoms with van der Waals surface area (Å²) in [5.41, 5.74) is 6.11. The fourth-order valence-corrected chi connectivity index (χ4v) is 2.92. The van der Waals surface area contributed by atoms with Crippen molar-refractivity contribution >= 4 is 17.0 Å². The van der Waals surface area contributed by atoms with E-state index in [1.165, 1.54) is 6.33 Å². The zero-order valence-corrected chi connectivity index (χ0v) is 11.9. The van der Waals surface area contributed by atoms with Gasteiger partial charge in [-0.05, 0) is 32.2 Å². The summed E-state index contributed by atoms with van der Waals surface area (Å²) in [4.78, 5) is 15.9. The van der Waals surface area contributed by atoms with Crippen LogP contribution in [0.25, 0.3) is 11.2 Å². The molecule has 1 unspecified atom stereocenters. The molecule has 3 N–H and O–H groups in total. The second-order valence-electron chi connectivity index (χ2n) is 5.39. The summed E-state index contributed by atoms with van der Waals surface area (Å²) in [6.07, 6.45) is 0.331. The maximum absolute atomic E-state index is 13.0. The van der Waals surface area contributed by atoms with E-state index in [-0.39, 0.29) is 17.5 Å². The third-order valence-electron chi connectivity index (χ3n) is 3.92. The Morgan fingerprint density at radius 3 is 2.86 bits per heavy atom. The topological polar surface area (TPSA) is 83.7 Å². The van der Waals surface area contributed by atoms with Crippen molar-refractivity contribution in [2.45, 2.75) is 37.9 Å². The molecule has 2 aromatic heterocycles. The van der Waals surface area contributed by atoms with Gasteiger partial charge in [0.05, 0.1) is 6.33 Å². The van der Waals surface area contributed by atoms with Gasteiger partial charge >= 0.3 is 6.18 Å². The molecule has 1 aliphatic heterocycles. The quantitative estimate of drug-likeness (QED) is 0.906. The van der Waals surface area contributed by atoms with Gasteiger partial charge in [-0.3, -0.25) is 0 Å². The molecule has 3 rings (SSSR count). The number of imidazole rings is 1. The number of nitrogens with two attached hydrogens (primary N) is 1. The highest BCUT2D eigenvalue weighted by atomic mass is 19.4. The van der Waals surface area contributed by atoms with Crippen LogP contribution in [0.5, 0.6) is 0 Å². The van der Waals surface area contributed by atoms with Gasteiger partial charge in [0.2, 0.25) is 5.82 Å². The lowest BCUT2D eigenvalue weighted by Gasteiger charge is -2.36. The van der Waals surface area contributed by atoms with Crippen LogP contribution >= 0.6 is 0 Å². The van der Waals surface area contributed by atoms with Crippen molar-refractivity contribution < 1.29 is 13.2 Å². The summed E-state index contributed by atoms with van der Waals surface area (Å²) in [5.74, 6) is -0.882. The third kappa shape index (κ3) is 2.72. The van der Waals surface area contributed by atoms with Crippen LogP contribution in [0.2, 0.25) is 0 Å². The molecule has 22 heavy (non-hydrogen) atoms. The molecule has 2 aromatic rings. The number of nitrogens with zero attached hydrogens (tertiary/aromatic N) is 4. The molecule has 1 saturated heterocycles. The normalized spacial score (nSPS) is 19.8. The third-order valence-corrected chi connectivity index (χ3v) is 3.92. The lowest BCUT2D eigenvalue weighted by Crippen LogP contribution is -2.41. The monoisotopic (exact) mass is 314 g/mol. The Morgan fingerprint density at radius 2 is 2.14 bits per heavy atom. The maximum atomic E-state index is 13.0. The van der Waals surface area contributed by atoms with Crippen molar-refractivity contribution in [3.05, 3.63) is 12.2 Å². The molecule has 1 aliphatic rings. The molecule has 6 nitrogen and oxygen atoms in total. The molecule has 0 radical (unpaired) electrons. The Bertz CT molecular complexity index is 651. The lowest BCUT2D eigenvalue weighted by molar-refractivity contribution is -0.144. The zero-order chi connectivity index (χ0) is 15.7. The van der Waals surface area contributed by atoms with Crippen LogP contribution in [0.15, 0.2) is 6.33 Å². The van der Waals surface area contributed by atoms with Gasteiger partial charge in [0.25, 0.3) is 0 Å². The van der Waals surface area contributed by atoms with Crippen LogP contribution in [0.3, 0.4) is 0 Å². The second-order valence-corrected chi connectivity index (χ2v) is 5.39. The molecule has 0 spiro atoms. The number of hydrogen-bond donors (Lipinski definition) is 2. The van der Waals surface area contributed by atoms with Crippen LogP contribution in [-0.2, 0) is 6.18 Å². The first kappa shape index (κ1) is 15.0.